The normalized spacial score (nSPS) is 15.0. The molecule has 4 amide bonds. The quantitative estimate of drug-likeness (QED) is 0.229. The van der Waals surface area contributed by atoms with Crippen molar-refractivity contribution >= 4 is 52.2 Å². The first-order valence-corrected chi connectivity index (χ1v) is 11.2. The SMILES string of the molecule is C=CCOc1c(I)cc(/C=C2/C(=O)NC(=O)N(c3ccccc3CC)C2=O)cc1OCC. The van der Waals surface area contributed by atoms with E-state index in [1.807, 2.05) is 26.0 Å². The van der Waals surface area contributed by atoms with E-state index in [1.54, 1.807) is 30.3 Å². The molecule has 166 valence electrons. The maximum Gasteiger partial charge on any atom is 0.335 e. The lowest BCUT2D eigenvalue weighted by atomic mass is 10.0. The summed E-state index contributed by atoms with van der Waals surface area (Å²) in [6.45, 7) is 8.15. The zero-order valence-electron chi connectivity index (χ0n) is 17.8. The summed E-state index contributed by atoms with van der Waals surface area (Å²) < 4.78 is 12.1. The number of rotatable bonds is 8. The smallest absolute Gasteiger partial charge is 0.335 e. The van der Waals surface area contributed by atoms with E-state index in [-0.39, 0.29) is 5.57 Å². The molecule has 0 unspecified atom stereocenters. The molecule has 1 N–H and O–H groups in total. The highest BCUT2D eigenvalue weighted by molar-refractivity contribution is 14.1. The van der Waals surface area contributed by atoms with Gasteiger partial charge in [0.25, 0.3) is 11.8 Å². The van der Waals surface area contributed by atoms with Gasteiger partial charge in [-0.2, -0.15) is 0 Å². The van der Waals surface area contributed by atoms with E-state index >= 15 is 0 Å². The van der Waals surface area contributed by atoms with Gasteiger partial charge in [0.2, 0.25) is 0 Å². The summed E-state index contributed by atoms with van der Waals surface area (Å²) in [6, 6.07) is 9.81. The van der Waals surface area contributed by atoms with E-state index in [2.05, 4.69) is 34.5 Å². The minimum atomic E-state index is -0.768. The van der Waals surface area contributed by atoms with Gasteiger partial charge in [-0.3, -0.25) is 14.9 Å². The first-order valence-electron chi connectivity index (χ1n) is 10.1. The summed E-state index contributed by atoms with van der Waals surface area (Å²) in [4.78, 5) is 39.3. The van der Waals surface area contributed by atoms with E-state index in [1.165, 1.54) is 6.08 Å². The van der Waals surface area contributed by atoms with Crippen LogP contribution in [0.3, 0.4) is 0 Å². The molecule has 1 saturated heterocycles. The Hall–Kier alpha value is -3.14. The fourth-order valence-electron chi connectivity index (χ4n) is 3.29. The summed E-state index contributed by atoms with van der Waals surface area (Å²) in [5, 5.41) is 2.26. The van der Waals surface area contributed by atoms with Crippen LogP contribution in [0.5, 0.6) is 11.5 Å². The number of para-hydroxylation sites is 1. The summed E-state index contributed by atoms with van der Waals surface area (Å²) >= 11 is 2.10. The summed E-state index contributed by atoms with van der Waals surface area (Å²) in [5.41, 5.74) is 1.70. The second-order valence-electron chi connectivity index (χ2n) is 6.80. The number of amides is 4. The minimum Gasteiger partial charge on any atom is -0.490 e. The highest BCUT2D eigenvalue weighted by Gasteiger charge is 2.37. The molecule has 3 rings (SSSR count). The first kappa shape index (κ1) is 23.5. The second kappa shape index (κ2) is 10.4. The van der Waals surface area contributed by atoms with E-state index in [9.17, 15) is 14.4 Å². The Morgan fingerprint density at radius 2 is 1.88 bits per heavy atom. The Kier molecular flexibility index (Phi) is 7.68. The van der Waals surface area contributed by atoms with E-state index in [4.69, 9.17) is 9.47 Å². The van der Waals surface area contributed by atoms with Crippen molar-refractivity contribution in [3.05, 3.63) is 69.3 Å². The number of halogens is 1. The average Bonchev–Trinajstić information content (AvgIpc) is 2.76. The number of carbonyl (C=O) groups is 3. The fraction of sp³-hybridized carbons (Fsp3) is 0.208. The predicted molar refractivity (Wildman–Crippen MR) is 131 cm³/mol. The number of anilines is 1. The Labute approximate surface area is 200 Å². The van der Waals surface area contributed by atoms with Crippen LogP contribution in [-0.2, 0) is 16.0 Å². The van der Waals surface area contributed by atoms with Gasteiger partial charge in [0.05, 0.1) is 15.9 Å². The largest absolute Gasteiger partial charge is 0.490 e. The number of carbonyl (C=O) groups excluding carboxylic acids is 3. The number of aryl methyl sites for hydroxylation is 1. The van der Waals surface area contributed by atoms with E-state index in [0.717, 1.165) is 14.0 Å². The third kappa shape index (κ3) is 4.85. The number of ether oxygens (including phenoxy) is 2. The number of benzene rings is 2. The van der Waals surface area contributed by atoms with E-state index < -0.39 is 17.8 Å². The summed E-state index contributed by atoms with van der Waals surface area (Å²) in [6.07, 6.45) is 3.71. The fourth-order valence-corrected chi connectivity index (χ4v) is 4.07. The molecule has 0 bridgehead atoms. The molecule has 1 aliphatic heterocycles. The third-order valence-electron chi connectivity index (χ3n) is 4.70. The Balaban J connectivity index is 2.05. The topological polar surface area (TPSA) is 84.9 Å². The molecule has 0 saturated carbocycles. The summed E-state index contributed by atoms with van der Waals surface area (Å²) in [5.74, 6) is -0.381. The zero-order valence-corrected chi connectivity index (χ0v) is 20.0. The third-order valence-corrected chi connectivity index (χ3v) is 5.50. The standard InChI is InChI=1S/C24H23IN2O5/c1-4-11-32-21-18(25)13-15(14-20(21)31-6-3)12-17-22(28)26-24(30)27(23(17)29)19-10-8-7-9-16(19)5-2/h4,7-10,12-14H,1,5-6,11H2,2-3H3,(H,26,28,30)/b17-12-. The number of nitrogens with one attached hydrogen (secondary N) is 1. The molecule has 0 aliphatic carbocycles. The second-order valence-corrected chi connectivity index (χ2v) is 7.96. The molecule has 1 fully saturated rings. The Morgan fingerprint density at radius 3 is 2.56 bits per heavy atom. The number of nitrogens with zero attached hydrogens (tertiary/aromatic N) is 1. The molecule has 32 heavy (non-hydrogen) atoms. The average molecular weight is 546 g/mol. The van der Waals surface area contributed by atoms with Crippen LogP contribution in [0.2, 0.25) is 0 Å². The molecule has 0 radical (unpaired) electrons. The van der Waals surface area contributed by atoms with Crippen LogP contribution in [0.25, 0.3) is 6.08 Å². The van der Waals surface area contributed by atoms with Gasteiger partial charge in [0.1, 0.15) is 12.2 Å². The lowest BCUT2D eigenvalue weighted by molar-refractivity contribution is -0.122. The molecule has 1 aliphatic rings. The van der Waals surface area contributed by atoms with Gasteiger partial charge in [-0.25, -0.2) is 9.69 Å². The van der Waals surface area contributed by atoms with Crippen LogP contribution >= 0.6 is 22.6 Å². The van der Waals surface area contributed by atoms with Crippen LogP contribution in [0.1, 0.15) is 25.0 Å². The number of imide groups is 2. The number of barbiturate groups is 1. The van der Waals surface area contributed by atoms with Gasteiger partial charge < -0.3 is 9.47 Å². The first-order chi connectivity index (χ1) is 15.4. The van der Waals surface area contributed by atoms with E-state index in [0.29, 0.717) is 42.4 Å². The van der Waals surface area contributed by atoms with Crippen molar-refractivity contribution in [3.63, 3.8) is 0 Å². The predicted octanol–water partition coefficient (Wildman–Crippen LogP) is 4.48. The molecule has 2 aromatic carbocycles. The molecule has 7 nitrogen and oxygen atoms in total. The van der Waals surface area contributed by atoms with Crippen LogP contribution < -0.4 is 19.7 Å². The van der Waals surface area contributed by atoms with Crippen molar-refractivity contribution in [2.75, 3.05) is 18.1 Å². The highest BCUT2D eigenvalue weighted by atomic mass is 127. The van der Waals surface area contributed by atoms with Crippen molar-refractivity contribution in [3.8, 4) is 11.5 Å². The molecule has 0 spiro atoms. The van der Waals surface area contributed by atoms with Gasteiger partial charge in [0.15, 0.2) is 11.5 Å². The van der Waals surface area contributed by atoms with Gasteiger partial charge in [-0.05, 0) is 71.3 Å². The Morgan fingerprint density at radius 1 is 1.12 bits per heavy atom. The molecule has 0 aromatic heterocycles. The molecule has 0 atom stereocenters. The van der Waals surface area contributed by atoms with Gasteiger partial charge in [0, 0.05) is 0 Å². The van der Waals surface area contributed by atoms with Crippen LogP contribution in [0.15, 0.2) is 54.6 Å². The maximum atomic E-state index is 13.2. The van der Waals surface area contributed by atoms with Crippen molar-refractivity contribution < 1.29 is 23.9 Å². The van der Waals surface area contributed by atoms with Crippen LogP contribution in [0.4, 0.5) is 10.5 Å². The van der Waals surface area contributed by atoms with Gasteiger partial charge in [-0.1, -0.05) is 37.8 Å². The van der Waals surface area contributed by atoms with Gasteiger partial charge >= 0.3 is 6.03 Å². The highest BCUT2D eigenvalue weighted by Crippen LogP contribution is 2.35. The Bertz CT molecular complexity index is 1110. The lowest BCUT2D eigenvalue weighted by Crippen LogP contribution is -2.54. The molecular formula is C24H23IN2O5. The van der Waals surface area contributed by atoms with Crippen molar-refractivity contribution in [2.45, 2.75) is 20.3 Å². The molecular weight excluding hydrogens is 523 g/mol. The number of urea groups is 1. The minimum absolute atomic E-state index is 0.145. The number of hydrogen-bond acceptors (Lipinski definition) is 5. The maximum absolute atomic E-state index is 13.2. The van der Waals surface area contributed by atoms with Crippen LogP contribution in [0, 0.1) is 3.57 Å². The molecule has 1 heterocycles. The van der Waals surface area contributed by atoms with Crippen molar-refractivity contribution in [1.82, 2.24) is 5.32 Å². The van der Waals surface area contributed by atoms with Gasteiger partial charge in [-0.15, -0.1) is 0 Å². The lowest BCUT2D eigenvalue weighted by Gasteiger charge is -2.28. The monoisotopic (exact) mass is 546 g/mol. The molecule has 2 aromatic rings. The summed E-state index contributed by atoms with van der Waals surface area (Å²) in [7, 11) is 0. The molecule has 8 heteroatoms. The van der Waals surface area contributed by atoms with Crippen molar-refractivity contribution in [2.24, 2.45) is 0 Å². The zero-order chi connectivity index (χ0) is 23.3. The van der Waals surface area contributed by atoms with Crippen molar-refractivity contribution in [1.29, 1.82) is 0 Å². The van der Waals surface area contributed by atoms with Crippen LogP contribution in [-0.4, -0.2) is 31.1 Å². The number of hydrogen-bond donors (Lipinski definition) is 1.